The van der Waals surface area contributed by atoms with Crippen LogP contribution in [0, 0.1) is 13.8 Å². The molecule has 2 heterocycles. The van der Waals surface area contributed by atoms with Gasteiger partial charge in [0.25, 0.3) is 5.91 Å². The Kier molecular flexibility index (Phi) is 6.99. The third-order valence-corrected chi connectivity index (χ3v) is 6.18. The summed E-state index contributed by atoms with van der Waals surface area (Å²) in [5.41, 5.74) is 4.02. The zero-order valence-electron chi connectivity index (χ0n) is 17.1. The number of aryl methyl sites for hydroxylation is 1. The standard InChI is InChI=1S/C22H24N2O4S2/c1-4-28-18-9-7-17(8-10-18)24-14(2)12-16(15(24)3)13-19-21(27)23(22(29)30-19)11-5-6-20(25)26/h7-10,12-13H,4-6,11H2,1-3H3,(H,25,26)/p-1. The van der Waals surface area contributed by atoms with Crippen LogP contribution in [0.3, 0.4) is 0 Å². The summed E-state index contributed by atoms with van der Waals surface area (Å²) in [5, 5.41) is 10.6. The van der Waals surface area contributed by atoms with E-state index in [-0.39, 0.29) is 18.9 Å². The molecular weight excluding hydrogens is 420 g/mol. The largest absolute Gasteiger partial charge is 0.550 e. The van der Waals surface area contributed by atoms with Crippen LogP contribution in [0.4, 0.5) is 0 Å². The van der Waals surface area contributed by atoms with Crippen molar-refractivity contribution in [3.8, 4) is 11.4 Å². The van der Waals surface area contributed by atoms with Crippen molar-refractivity contribution >= 4 is 46.3 Å². The Balaban J connectivity index is 1.82. The molecule has 1 aromatic carbocycles. The smallest absolute Gasteiger partial charge is 0.266 e. The lowest BCUT2D eigenvalue weighted by molar-refractivity contribution is -0.305. The fourth-order valence-electron chi connectivity index (χ4n) is 3.40. The van der Waals surface area contributed by atoms with Crippen molar-refractivity contribution in [3.05, 3.63) is 52.2 Å². The van der Waals surface area contributed by atoms with E-state index in [1.165, 1.54) is 16.7 Å². The van der Waals surface area contributed by atoms with E-state index in [0.717, 1.165) is 28.4 Å². The van der Waals surface area contributed by atoms with E-state index in [1.807, 2.05) is 57.2 Å². The van der Waals surface area contributed by atoms with Crippen LogP contribution in [0.2, 0.25) is 0 Å². The molecule has 8 heteroatoms. The van der Waals surface area contributed by atoms with Gasteiger partial charge in [-0.15, -0.1) is 0 Å². The third kappa shape index (κ3) is 4.76. The first-order valence-corrected chi connectivity index (χ1v) is 10.9. The highest BCUT2D eigenvalue weighted by Gasteiger charge is 2.31. The number of carboxylic acid groups (broad SMARTS) is 1. The van der Waals surface area contributed by atoms with Crippen LogP contribution in [0.25, 0.3) is 11.8 Å². The second kappa shape index (κ2) is 9.49. The van der Waals surface area contributed by atoms with Crippen molar-refractivity contribution in [3.63, 3.8) is 0 Å². The molecule has 0 saturated carbocycles. The normalized spacial score (nSPS) is 15.3. The zero-order valence-corrected chi connectivity index (χ0v) is 18.8. The quantitative estimate of drug-likeness (QED) is 0.461. The maximum Gasteiger partial charge on any atom is 0.266 e. The molecule has 3 rings (SSSR count). The second-order valence-corrected chi connectivity index (χ2v) is 8.57. The number of carboxylic acids is 1. The molecule has 0 bridgehead atoms. The number of hydrogen-bond acceptors (Lipinski definition) is 6. The molecule has 0 atom stereocenters. The molecule has 0 spiro atoms. The van der Waals surface area contributed by atoms with E-state index in [9.17, 15) is 14.7 Å². The summed E-state index contributed by atoms with van der Waals surface area (Å²) in [6, 6.07) is 9.93. The van der Waals surface area contributed by atoms with Crippen LogP contribution in [0.1, 0.15) is 36.7 Å². The number of ether oxygens (including phenoxy) is 1. The highest BCUT2D eigenvalue weighted by Crippen LogP contribution is 2.34. The molecule has 0 unspecified atom stereocenters. The van der Waals surface area contributed by atoms with E-state index in [2.05, 4.69) is 4.57 Å². The monoisotopic (exact) mass is 443 g/mol. The lowest BCUT2D eigenvalue weighted by Crippen LogP contribution is -2.30. The summed E-state index contributed by atoms with van der Waals surface area (Å²) >= 11 is 6.55. The van der Waals surface area contributed by atoms with Crippen LogP contribution < -0.4 is 9.84 Å². The molecular formula is C22H23N2O4S2-. The van der Waals surface area contributed by atoms with Crippen molar-refractivity contribution in [2.45, 2.75) is 33.6 Å². The zero-order chi connectivity index (χ0) is 21.8. The van der Waals surface area contributed by atoms with Gasteiger partial charge in [0.2, 0.25) is 0 Å². The fraction of sp³-hybridized carbons (Fsp3) is 0.318. The number of aromatic nitrogens is 1. The number of hydrogen-bond donors (Lipinski definition) is 0. The highest BCUT2D eigenvalue weighted by molar-refractivity contribution is 8.26. The maximum absolute atomic E-state index is 12.7. The van der Waals surface area contributed by atoms with Gasteiger partial charge in [0.1, 0.15) is 10.1 Å². The number of carbonyl (C=O) groups is 2. The summed E-state index contributed by atoms with van der Waals surface area (Å²) in [4.78, 5) is 25.3. The average molecular weight is 444 g/mol. The SMILES string of the molecule is CCOc1ccc(-n2c(C)cc(C=C3SC(=S)N(CCCC(=O)[O-])C3=O)c2C)cc1. The number of thiocarbonyl (C=S) groups is 1. The minimum absolute atomic E-state index is 0.0979. The van der Waals surface area contributed by atoms with Crippen LogP contribution in [0.15, 0.2) is 35.2 Å². The van der Waals surface area contributed by atoms with Crippen molar-refractivity contribution in [1.29, 1.82) is 0 Å². The number of rotatable bonds is 8. The lowest BCUT2D eigenvalue weighted by Gasteiger charge is -2.14. The van der Waals surface area contributed by atoms with Crippen LogP contribution in [0.5, 0.6) is 5.75 Å². The van der Waals surface area contributed by atoms with Gasteiger partial charge in [0.05, 0.1) is 11.5 Å². The van der Waals surface area contributed by atoms with Gasteiger partial charge in [-0.3, -0.25) is 9.69 Å². The van der Waals surface area contributed by atoms with E-state index < -0.39 is 5.97 Å². The van der Waals surface area contributed by atoms with Gasteiger partial charge < -0.3 is 19.2 Å². The van der Waals surface area contributed by atoms with E-state index >= 15 is 0 Å². The first-order valence-electron chi connectivity index (χ1n) is 9.69. The first-order chi connectivity index (χ1) is 14.3. The average Bonchev–Trinajstić information content (AvgIpc) is 3.12. The van der Waals surface area contributed by atoms with Gasteiger partial charge in [-0.2, -0.15) is 0 Å². The fourth-order valence-corrected chi connectivity index (χ4v) is 4.70. The van der Waals surface area contributed by atoms with Crippen molar-refractivity contribution in [2.24, 2.45) is 0 Å². The predicted octanol–water partition coefficient (Wildman–Crippen LogP) is 3.22. The van der Waals surface area contributed by atoms with Gasteiger partial charge in [-0.25, -0.2) is 0 Å². The molecule has 1 amide bonds. The minimum atomic E-state index is -1.13. The molecule has 6 nitrogen and oxygen atoms in total. The Morgan fingerprint density at radius 1 is 1.27 bits per heavy atom. The molecule has 1 aliphatic heterocycles. The predicted molar refractivity (Wildman–Crippen MR) is 121 cm³/mol. The van der Waals surface area contributed by atoms with Crippen LogP contribution in [-0.2, 0) is 9.59 Å². The Hall–Kier alpha value is -2.58. The van der Waals surface area contributed by atoms with Gasteiger partial charge in [0.15, 0.2) is 0 Å². The number of amides is 1. The molecule has 1 fully saturated rings. The summed E-state index contributed by atoms with van der Waals surface area (Å²) in [7, 11) is 0. The molecule has 1 aliphatic rings. The van der Waals surface area contributed by atoms with Crippen LogP contribution in [-0.4, -0.2) is 38.8 Å². The van der Waals surface area contributed by atoms with E-state index in [0.29, 0.717) is 22.3 Å². The molecule has 158 valence electrons. The molecule has 0 radical (unpaired) electrons. The van der Waals surface area contributed by atoms with Gasteiger partial charge >= 0.3 is 0 Å². The van der Waals surface area contributed by atoms with Gasteiger partial charge in [-0.1, -0.05) is 24.0 Å². The Bertz CT molecular complexity index is 1010. The Morgan fingerprint density at radius 2 is 1.97 bits per heavy atom. The Labute approximate surface area is 185 Å². The number of benzene rings is 1. The van der Waals surface area contributed by atoms with E-state index in [1.54, 1.807) is 0 Å². The minimum Gasteiger partial charge on any atom is -0.550 e. The van der Waals surface area contributed by atoms with Gasteiger partial charge in [0, 0.05) is 29.6 Å². The molecule has 2 aromatic rings. The van der Waals surface area contributed by atoms with Crippen molar-refractivity contribution < 1.29 is 19.4 Å². The Morgan fingerprint density at radius 3 is 2.60 bits per heavy atom. The summed E-state index contributed by atoms with van der Waals surface area (Å²) in [5.74, 6) is -0.488. The topological polar surface area (TPSA) is 74.6 Å². The van der Waals surface area contributed by atoms with Crippen LogP contribution >= 0.6 is 24.0 Å². The molecule has 1 saturated heterocycles. The second-order valence-electron chi connectivity index (χ2n) is 6.90. The summed E-state index contributed by atoms with van der Waals surface area (Å²) < 4.78 is 8.09. The first kappa shape index (κ1) is 22.1. The van der Waals surface area contributed by atoms with Crippen molar-refractivity contribution in [1.82, 2.24) is 9.47 Å². The van der Waals surface area contributed by atoms with E-state index in [4.69, 9.17) is 17.0 Å². The molecule has 0 aliphatic carbocycles. The molecule has 30 heavy (non-hydrogen) atoms. The number of aliphatic carboxylic acids is 1. The van der Waals surface area contributed by atoms with Gasteiger partial charge in [-0.05, 0) is 75.6 Å². The number of carbonyl (C=O) groups excluding carboxylic acids is 2. The maximum atomic E-state index is 12.7. The summed E-state index contributed by atoms with van der Waals surface area (Å²) in [6.07, 6.45) is 2.07. The molecule has 0 N–H and O–H groups in total. The number of thioether (sulfide) groups is 1. The highest BCUT2D eigenvalue weighted by atomic mass is 32.2. The lowest BCUT2D eigenvalue weighted by atomic mass is 10.2. The third-order valence-electron chi connectivity index (χ3n) is 4.80. The van der Waals surface area contributed by atoms with Crippen molar-refractivity contribution in [2.75, 3.05) is 13.2 Å². The molecule has 1 aromatic heterocycles. The number of nitrogens with zero attached hydrogens (tertiary/aromatic N) is 2. The summed E-state index contributed by atoms with van der Waals surface area (Å²) in [6.45, 7) is 6.88.